The maximum Gasteiger partial charge on any atom is 0.255 e. The van der Waals surface area contributed by atoms with Gasteiger partial charge < -0.3 is 10.6 Å². The summed E-state index contributed by atoms with van der Waals surface area (Å²) in [5.74, 6) is -0.333. The number of hydrogen-bond donors (Lipinski definition) is 1. The molecule has 1 fully saturated rings. The van der Waals surface area contributed by atoms with Crippen LogP contribution >= 0.6 is 0 Å². The van der Waals surface area contributed by atoms with E-state index in [9.17, 15) is 9.18 Å². The van der Waals surface area contributed by atoms with E-state index in [1.165, 1.54) is 18.7 Å². The fourth-order valence-electron chi connectivity index (χ4n) is 2.86. The highest BCUT2D eigenvalue weighted by Gasteiger charge is 2.30. The van der Waals surface area contributed by atoms with E-state index in [-0.39, 0.29) is 11.9 Å². The minimum absolute atomic E-state index is 0.148. The molecule has 1 heterocycles. The summed E-state index contributed by atoms with van der Waals surface area (Å²) >= 11 is 0. The zero-order valence-electron chi connectivity index (χ0n) is 11.2. The number of hydrogen-bond acceptors (Lipinski definition) is 3. The normalized spacial score (nSPS) is 23.1. The Hall–Kier alpha value is -1.49. The SMILES string of the molecule is CN(C(=O)c1cncc(F)c1)C1CCCCC1CN. The van der Waals surface area contributed by atoms with Gasteiger partial charge in [-0.3, -0.25) is 9.78 Å². The topological polar surface area (TPSA) is 59.2 Å². The van der Waals surface area contributed by atoms with Crippen molar-refractivity contribution in [1.82, 2.24) is 9.88 Å². The molecule has 104 valence electrons. The molecule has 1 amide bonds. The van der Waals surface area contributed by atoms with E-state index in [4.69, 9.17) is 5.73 Å². The maximum atomic E-state index is 13.1. The Morgan fingerprint density at radius 1 is 1.47 bits per heavy atom. The summed E-state index contributed by atoms with van der Waals surface area (Å²) in [4.78, 5) is 17.8. The van der Waals surface area contributed by atoms with Gasteiger partial charge in [0, 0.05) is 19.3 Å². The molecule has 5 heteroatoms. The predicted molar refractivity (Wildman–Crippen MR) is 71.1 cm³/mol. The molecule has 4 nitrogen and oxygen atoms in total. The predicted octanol–water partition coefficient (Wildman–Crippen LogP) is 1.81. The highest BCUT2D eigenvalue weighted by atomic mass is 19.1. The van der Waals surface area contributed by atoms with Crippen molar-refractivity contribution in [3.05, 3.63) is 29.8 Å². The molecule has 2 atom stereocenters. The van der Waals surface area contributed by atoms with Gasteiger partial charge in [0.05, 0.1) is 11.8 Å². The minimum atomic E-state index is -0.488. The van der Waals surface area contributed by atoms with E-state index < -0.39 is 5.82 Å². The van der Waals surface area contributed by atoms with Crippen molar-refractivity contribution in [1.29, 1.82) is 0 Å². The lowest BCUT2D eigenvalue weighted by molar-refractivity contribution is 0.0619. The van der Waals surface area contributed by atoms with E-state index in [0.29, 0.717) is 18.0 Å². The molecule has 0 aromatic carbocycles. The van der Waals surface area contributed by atoms with Crippen molar-refractivity contribution in [2.24, 2.45) is 11.7 Å². The Labute approximate surface area is 112 Å². The van der Waals surface area contributed by atoms with E-state index in [1.807, 2.05) is 0 Å². The molecule has 1 saturated carbocycles. The molecular formula is C14H20FN3O. The molecule has 19 heavy (non-hydrogen) atoms. The highest BCUT2D eigenvalue weighted by Crippen LogP contribution is 2.28. The Balaban J connectivity index is 2.13. The number of rotatable bonds is 3. The molecule has 0 saturated heterocycles. The number of nitrogens with zero attached hydrogens (tertiary/aromatic N) is 2. The van der Waals surface area contributed by atoms with Crippen LogP contribution in [0.25, 0.3) is 0 Å². The fraction of sp³-hybridized carbons (Fsp3) is 0.571. The van der Waals surface area contributed by atoms with Gasteiger partial charge in [-0.15, -0.1) is 0 Å². The lowest BCUT2D eigenvalue weighted by Gasteiger charge is -2.37. The second-order valence-electron chi connectivity index (χ2n) is 5.16. The van der Waals surface area contributed by atoms with Crippen LogP contribution in [0.15, 0.2) is 18.5 Å². The van der Waals surface area contributed by atoms with Crippen LogP contribution in [0.3, 0.4) is 0 Å². The average molecular weight is 265 g/mol. The van der Waals surface area contributed by atoms with Gasteiger partial charge in [0.15, 0.2) is 0 Å². The van der Waals surface area contributed by atoms with Gasteiger partial charge in [-0.2, -0.15) is 0 Å². The largest absolute Gasteiger partial charge is 0.338 e. The molecule has 1 aromatic rings. The van der Waals surface area contributed by atoms with Gasteiger partial charge in [0.1, 0.15) is 5.82 Å². The zero-order chi connectivity index (χ0) is 13.8. The van der Waals surface area contributed by atoms with Crippen molar-refractivity contribution in [3.8, 4) is 0 Å². The van der Waals surface area contributed by atoms with Gasteiger partial charge in [0.25, 0.3) is 5.91 Å². The highest BCUT2D eigenvalue weighted by molar-refractivity contribution is 5.93. The number of amides is 1. The van der Waals surface area contributed by atoms with Crippen molar-refractivity contribution < 1.29 is 9.18 Å². The van der Waals surface area contributed by atoms with E-state index >= 15 is 0 Å². The Morgan fingerprint density at radius 2 is 2.21 bits per heavy atom. The first-order valence-electron chi connectivity index (χ1n) is 6.71. The third-order valence-electron chi connectivity index (χ3n) is 3.94. The van der Waals surface area contributed by atoms with E-state index in [2.05, 4.69) is 4.98 Å². The lowest BCUT2D eigenvalue weighted by Crippen LogP contribution is -2.45. The van der Waals surface area contributed by atoms with Crippen molar-refractivity contribution in [3.63, 3.8) is 0 Å². The second kappa shape index (κ2) is 6.10. The number of aromatic nitrogens is 1. The average Bonchev–Trinajstić information content (AvgIpc) is 2.45. The van der Waals surface area contributed by atoms with Gasteiger partial charge in [-0.25, -0.2) is 4.39 Å². The number of carbonyl (C=O) groups excluding carboxylic acids is 1. The fourth-order valence-corrected chi connectivity index (χ4v) is 2.86. The van der Waals surface area contributed by atoms with E-state index in [1.54, 1.807) is 11.9 Å². The maximum absolute atomic E-state index is 13.1. The van der Waals surface area contributed by atoms with Crippen molar-refractivity contribution in [2.75, 3.05) is 13.6 Å². The molecule has 1 aliphatic carbocycles. The van der Waals surface area contributed by atoms with Crippen LogP contribution in [0.1, 0.15) is 36.0 Å². The summed E-state index contributed by atoms with van der Waals surface area (Å²) in [5, 5.41) is 0. The molecular weight excluding hydrogens is 245 g/mol. The van der Waals surface area contributed by atoms with Gasteiger partial charge in [-0.1, -0.05) is 12.8 Å². The van der Waals surface area contributed by atoms with Crippen LogP contribution in [0.2, 0.25) is 0 Å². The molecule has 0 spiro atoms. The number of halogens is 1. The molecule has 0 aliphatic heterocycles. The lowest BCUT2D eigenvalue weighted by atomic mass is 9.83. The standard InChI is InChI=1S/C14H20FN3O/c1-18(13-5-3-2-4-10(13)7-16)14(19)11-6-12(15)9-17-8-11/h6,8-10,13H,2-5,7,16H2,1H3. The van der Waals surface area contributed by atoms with E-state index in [0.717, 1.165) is 25.5 Å². The molecule has 1 aromatic heterocycles. The first-order chi connectivity index (χ1) is 9.13. The summed E-state index contributed by atoms with van der Waals surface area (Å²) in [6.45, 7) is 0.587. The number of nitrogens with two attached hydrogens (primary N) is 1. The first-order valence-corrected chi connectivity index (χ1v) is 6.71. The van der Waals surface area contributed by atoms with Crippen molar-refractivity contribution >= 4 is 5.91 Å². The van der Waals surface area contributed by atoms with Crippen LogP contribution in [-0.2, 0) is 0 Å². The zero-order valence-corrected chi connectivity index (χ0v) is 11.2. The third kappa shape index (κ3) is 3.10. The molecule has 0 radical (unpaired) electrons. The van der Waals surface area contributed by atoms with Crippen LogP contribution in [0.4, 0.5) is 4.39 Å². The van der Waals surface area contributed by atoms with Crippen molar-refractivity contribution in [2.45, 2.75) is 31.7 Å². The monoisotopic (exact) mass is 265 g/mol. The molecule has 2 rings (SSSR count). The van der Waals surface area contributed by atoms with Crippen LogP contribution in [0, 0.1) is 11.7 Å². The molecule has 0 bridgehead atoms. The first kappa shape index (κ1) is 13.9. The Bertz CT molecular complexity index is 452. The second-order valence-corrected chi connectivity index (χ2v) is 5.16. The summed E-state index contributed by atoms with van der Waals surface area (Å²) < 4.78 is 13.1. The van der Waals surface area contributed by atoms with Crippen LogP contribution < -0.4 is 5.73 Å². The molecule has 1 aliphatic rings. The minimum Gasteiger partial charge on any atom is -0.338 e. The summed E-state index contributed by atoms with van der Waals surface area (Å²) in [6, 6.07) is 1.38. The van der Waals surface area contributed by atoms with Crippen LogP contribution in [-0.4, -0.2) is 35.4 Å². The number of carbonyl (C=O) groups is 1. The Morgan fingerprint density at radius 3 is 2.89 bits per heavy atom. The Kier molecular flexibility index (Phi) is 4.47. The summed E-state index contributed by atoms with van der Waals surface area (Å²) in [6.07, 6.45) is 6.80. The van der Waals surface area contributed by atoms with Gasteiger partial charge in [0.2, 0.25) is 0 Å². The molecule has 2 unspecified atom stereocenters. The smallest absolute Gasteiger partial charge is 0.255 e. The third-order valence-corrected chi connectivity index (χ3v) is 3.94. The quantitative estimate of drug-likeness (QED) is 0.906. The molecule has 2 N–H and O–H groups in total. The summed E-state index contributed by atoms with van der Waals surface area (Å²) in [5.41, 5.74) is 6.08. The van der Waals surface area contributed by atoms with Crippen LogP contribution in [0.5, 0.6) is 0 Å². The van der Waals surface area contributed by atoms with Gasteiger partial charge in [-0.05, 0) is 31.4 Å². The van der Waals surface area contributed by atoms with Gasteiger partial charge >= 0.3 is 0 Å². The summed E-state index contributed by atoms with van der Waals surface area (Å²) in [7, 11) is 1.77. The number of pyridine rings is 1.